The second kappa shape index (κ2) is 4.55. The Morgan fingerprint density at radius 2 is 2.26 bits per heavy atom. The van der Waals surface area contributed by atoms with Crippen molar-refractivity contribution in [2.75, 3.05) is 13.2 Å². The van der Waals surface area contributed by atoms with Gasteiger partial charge in [-0.2, -0.15) is 0 Å². The Morgan fingerprint density at radius 3 is 3.00 bits per heavy atom. The van der Waals surface area contributed by atoms with Gasteiger partial charge in [0.1, 0.15) is 19.2 Å². The van der Waals surface area contributed by atoms with Gasteiger partial charge >= 0.3 is 12.1 Å². The molecule has 1 saturated heterocycles. The van der Waals surface area contributed by atoms with Gasteiger partial charge in [-0.05, 0) is 17.5 Å². The van der Waals surface area contributed by atoms with E-state index in [1.165, 1.54) is 4.90 Å². The fourth-order valence-electron chi connectivity index (χ4n) is 2.17. The first-order valence-corrected chi connectivity index (χ1v) is 6.60. The Kier molecular flexibility index (Phi) is 2.87. The average Bonchev–Trinajstić information content (AvgIpc) is 2.93. The Morgan fingerprint density at radius 1 is 1.47 bits per heavy atom. The molecule has 1 fully saturated rings. The zero-order valence-corrected chi connectivity index (χ0v) is 10.7. The van der Waals surface area contributed by atoms with E-state index >= 15 is 0 Å². The van der Waals surface area contributed by atoms with Crippen LogP contribution in [0, 0.1) is 0 Å². The van der Waals surface area contributed by atoms with Gasteiger partial charge in [0.2, 0.25) is 0 Å². The molecule has 1 aromatic carbocycles. The first kappa shape index (κ1) is 12.0. The van der Waals surface area contributed by atoms with Gasteiger partial charge in [-0.3, -0.25) is 9.69 Å². The van der Waals surface area contributed by atoms with Crippen LogP contribution >= 0.6 is 11.3 Å². The number of ether oxygens (including phenoxy) is 1. The number of hydrogen-bond acceptors (Lipinski definition) is 4. The summed E-state index contributed by atoms with van der Waals surface area (Å²) in [6.07, 6.45) is -0.565. The first-order valence-electron chi connectivity index (χ1n) is 5.79. The van der Waals surface area contributed by atoms with Gasteiger partial charge in [0.25, 0.3) is 0 Å². The molecule has 98 valence electrons. The first-order chi connectivity index (χ1) is 9.15. The number of amides is 1. The van der Waals surface area contributed by atoms with Gasteiger partial charge in [-0.15, -0.1) is 11.3 Å². The van der Waals surface area contributed by atoms with Crippen molar-refractivity contribution in [1.29, 1.82) is 0 Å². The summed E-state index contributed by atoms with van der Waals surface area (Å²) in [5.41, 5.74) is 0. The maximum Gasteiger partial charge on any atom is 0.411 e. The van der Waals surface area contributed by atoms with Crippen LogP contribution in [0.2, 0.25) is 0 Å². The molecule has 6 heteroatoms. The fourth-order valence-corrected chi connectivity index (χ4v) is 3.34. The molecule has 2 aromatic rings. The van der Waals surface area contributed by atoms with Crippen LogP contribution in [0.25, 0.3) is 10.1 Å². The maximum atomic E-state index is 11.6. The minimum absolute atomic E-state index is 0.207. The largest absolute Gasteiger partial charge is 0.480 e. The zero-order chi connectivity index (χ0) is 13.4. The lowest BCUT2D eigenvalue weighted by molar-refractivity contribution is -0.137. The van der Waals surface area contributed by atoms with E-state index in [2.05, 4.69) is 0 Å². The molecule has 3 rings (SSSR count). The van der Waals surface area contributed by atoms with Crippen molar-refractivity contribution < 1.29 is 19.4 Å². The number of nitrogens with zero attached hydrogens (tertiary/aromatic N) is 1. The van der Waals surface area contributed by atoms with Crippen LogP contribution in [0.5, 0.6) is 0 Å². The molecule has 5 nitrogen and oxygen atoms in total. The summed E-state index contributed by atoms with van der Waals surface area (Å²) < 4.78 is 6.08. The van der Waals surface area contributed by atoms with E-state index < -0.39 is 12.1 Å². The Labute approximate surface area is 113 Å². The molecule has 0 unspecified atom stereocenters. The molecule has 0 radical (unpaired) electrons. The SMILES string of the molecule is O=C(O)CN1C(=O)OC[C@H]1c1cc2ccccc2s1. The van der Waals surface area contributed by atoms with Crippen LogP contribution in [-0.2, 0) is 9.53 Å². The summed E-state index contributed by atoms with van der Waals surface area (Å²) in [5.74, 6) is -1.04. The third-order valence-electron chi connectivity index (χ3n) is 3.05. The van der Waals surface area contributed by atoms with Crippen molar-refractivity contribution in [2.24, 2.45) is 0 Å². The van der Waals surface area contributed by atoms with E-state index in [0.717, 1.165) is 15.0 Å². The predicted molar refractivity (Wildman–Crippen MR) is 70.3 cm³/mol. The Bertz CT molecular complexity index is 618. The lowest BCUT2D eigenvalue weighted by Gasteiger charge is -2.17. The van der Waals surface area contributed by atoms with Crippen molar-refractivity contribution in [2.45, 2.75) is 6.04 Å². The Balaban J connectivity index is 1.95. The third-order valence-corrected chi connectivity index (χ3v) is 4.27. The van der Waals surface area contributed by atoms with Gasteiger partial charge < -0.3 is 9.84 Å². The minimum atomic E-state index is -1.04. The van der Waals surface area contributed by atoms with Crippen LogP contribution in [0.3, 0.4) is 0 Å². The number of carbonyl (C=O) groups is 2. The summed E-state index contributed by atoms with van der Waals surface area (Å²) in [6.45, 7) is -0.128. The van der Waals surface area contributed by atoms with Crippen molar-refractivity contribution in [3.63, 3.8) is 0 Å². The molecule has 0 saturated carbocycles. The molecule has 1 atom stereocenters. The molecule has 1 aliphatic heterocycles. The molecular formula is C13H11NO4S. The number of thiophene rings is 1. The highest BCUT2D eigenvalue weighted by Crippen LogP contribution is 2.35. The molecule has 0 bridgehead atoms. The van der Waals surface area contributed by atoms with Gasteiger partial charge in [-0.25, -0.2) is 4.79 Å². The van der Waals surface area contributed by atoms with Gasteiger partial charge in [0.05, 0.1) is 0 Å². The Hall–Kier alpha value is -2.08. The van der Waals surface area contributed by atoms with E-state index in [1.54, 1.807) is 11.3 Å². The topological polar surface area (TPSA) is 66.8 Å². The average molecular weight is 277 g/mol. The molecule has 0 aliphatic carbocycles. The van der Waals surface area contributed by atoms with E-state index in [0.29, 0.717) is 0 Å². The fraction of sp³-hybridized carbons (Fsp3) is 0.231. The number of cyclic esters (lactones) is 1. The van der Waals surface area contributed by atoms with E-state index in [1.807, 2.05) is 30.3 Å². The van der Waals surface area contributed by atoms with Gasteiger partial charge in [-0.1, -0.05) is 18.2 Å². The summed E-state index contributed by atoms with van der Waals surface area (Å²) in [4.78, 5) is 24.6. The standard InChI is InChI=1S/C13H11NO4S/c15-12(16)6-14-9(7-18-13(14)17)11-5-8-3-1-2-4-10(8)19-11/h1-5,9H,6-7H2,(H,15,16)/t9-/m0/s1. The molecule has 1 aromatic heterocycles. The molecule has 1 amide bonds. The monoisotopic (exact) mass is 277 g/mol. The number of benzene rings is 1. The normalized spacial score (nSPS) is 18.8. The summed E-state index contributed by atoms with van der Waals surface area (Å²) in [5, 5.41) is 9.94. The molecule has 19 heavy (non-hydrogen) atoms. The van der Waals surface area contributed by atoms with Crippen LogP contribution in [0.1, 0.15) is 10.9 Å². The van der Waals surface area contributed by atoms with E-state index in [4.69, 9.17) is 9.84 Å². The van der Waals surface area contributed by atoms with Gasteiger partial charge in [0, 0.05) is 9.58 Å². The number of fused-ring (bicyclic) bond motifs is 1. The second-order valence-electron chi connectivity index (χ2n) is 4.30. The number of rotatable bonds is 3. The van der Waals surface area contributed by atoms with Crippen molar-refractivity contribution >= 4 is 33.5 Å². The van der Waals surface area contributed by atoms with Crippen molar-refractivity contribution in [3.8, 4) is 0 Å². The summed E-state index contributed by atoms with van der Waals surface area (Å²) in [7, 11) is 0. The summed E-state index contributed by atoms with van der Waals surface area (Å²) >= 11 is 1.56. The second-order valence-corrected chi connectivity index (χ2v) is 5.42. The molecule has 0 spiro atoms. The van der Waals surface area contributed by atoms with Crippen LogP contribution < -0.4 is 0 Å². The highest BCUT2D eigenvalue weighted by Gasteiger charge is 2.36. The van der Waals surface area contributed by atoms with Gasteiger partial charge in [0.15, 0.2) is 0 Å². The zero-order valence-electron chi connectivity index (χ0n) is 9.91. The predicted octanol–water partition coefficient (Wildman–Crippen LogP) is 2.48. The third kappa shape index (κ3) is 2.15. The lowest BCUT2D eigenvalue weighted by Crippen LogP contribution is -2.32. The maximum absolute atomic E-state index is 11.6. The van der Waals surface area contributed by atoms with Crippen LogP contribution in [0.4, 0.5) is 4.79 Å². The highest BCUT2D eigenvalue weighted by atomic mass is 32.1. The number of hydrogen-bond donors (Lipinski definition) is 1. The van der Waals surface area contributed by atoms with E-state index in [9.17, 15) is 9.59 Å². The molecule has 1 aliphatic rings. The van der Waals surface area contributed by atoms with Crippen LogP contribution in [-0.4, -0.2) is 35.2 Å². The number of carboxylic acids is 1. The smallest absolute Gasteiger partial charge is 0.411 e. The van der Waals surface area contributed by atoms with E-state index in [-0.39, 0.29) is 19.2 Å². The summed E-state index contributed by atoms with van der Waals surface area (Å²) in [6, 6.07) is 9.58. The highest BCUT2D eigenvalue weighted by molar-refractivity contribution is 7.19. The number of aliphatic carboxylic acids is 1. The number of carbonyl (C=O) groups excluding carboxylic acids is 1. The van der Waals surface area contributed by atoms with Crippen LogP contribution in [0.15, 0.2) is 30.3 Å². The lowest BCUT2D eigenvalue weighted by atomic mass is 10.2. The van der Waals surface area contributed by atoms with Crippen molar-refractivity contribution in [1.82, 2.24) is 4.90 Å². The molecule has 1 N–H and O–H groups in total. The minimum Gasteiger partial charge on any atom is -0.480 e. The molecule has 2 heterocycles. The van der Waals surface area contributed by atoms with Crippen molar-refractivity contribution in [3.05, 3.63) is 35.2 Å². The molecular weight excluding hydrogens is 266 g/mol. The quantitative estimate of drug-likeness (QED) is 0.936. The number of carboxylic acid groups (broad SMARTS) is 1.